The topological polar surface area (TPSA) is 89.4 Å². The summed E-state index contributed by atoms with van der Waals surface area (Å²) < 4.78 is 0. The lowest BCUT2D eigenvalue weighted by molar-refractivity contribution is -0.136. The van der Waals surface area contributed by atoms with E-state index >= 15 is 0 Å². The largest absolute Gasteiger partial charge is 0.368 e. The van der Waals surface area contributed by atoms with E-state index in [2.05, 4.69) is 0 Å². The van der Waals surface area contributed by atoms with Crippen LogP contribution in [0.2, 0.25) is 0 Å². The average molecular weight is 249 g/mol. The van der Waals surface area contributed by atoms with Gasteiger partial charge in [0.25, 0.3) is 0 Å². The normalized spacial score (nSPS) is 11.9. The van der Waals surface area contributed by atoms with E-state index in [1.807, 2.05) is 30.3 Å². The van der Waals surface area contributed by atoms with E-state index in [-0.39, 0.29) is 12.5 Å². The molecule has 0 aromatic heterocycles. The minimum atomic E-state index is -0.647. The predicted molar refractivity (Wildman–Crippen MR) is 69.6 cm³/mol. The molecule has 5 heteroatoms. The monoisotopic (exact) mass is 249 g/mol. The van der Waals surface area contributed by atoms with E-state index in [1.165, 1.54) is 4.90 Å². The van der Waals surface area contributed by atoms with E-state index in [0.29, 0.717) is 13.0 Å². The number of hydrogen-bond donors (Lipinski definition) is 2. The Morgan fingerprint density at radius 2 is 1.89 bits per heavy atom. The van der Waals surface area contributed by atoms with Gasteiger partial charge in [-0.3, -0.25) is 9.59 Å². The maximum absolute atomic E-state index is 12.0. The average Bonchev–Trinajstić information content (AvgIpc) is 2.36. The number of hydrogen-bond acceptors (Lipinski definition) is 3. The molecule has 0 fully saturated rings. The molecule has 1 rings (SSSR count). The molecule has 0 bridgehead atoms. The molecule has 1 aromatic carbocycles. The SMILES string of the molecule is CCN(CC(N)=O)C(=O)C(N)Cc1ccccc1. The number of primary amides is 1. The standard InChI is InChI=1S/C13H19N3O2/c1-2-16(9-12(15)17)13(18)11(14)8-10-6-4-3-5-7-10/h3-7,11H,2,8-9,14H2,1H3,(H2,15,17). The van der Waals surface area contributed by atoms with Crippen molar-refractivity contribution in [2.45, 2.75) is 19.4 Å². The third-order valence-electron chi connectivity index (χ3n) is 2.66. The zero-order chi connectivity index (χ0) is 13.5. The summed E-state index contributed by atoms with van der Waals surface area (Å²) in [6, 6.07) is 8.88. The number of carbonyl (C=O) groups excluding carboxylic acids is 2. The summed E-state index contributed by atoms with van der Waals surface area (Å²) in [7, 11) is 0. The lowest BCUT2D eigenvalue weighted by Crippen LogP contribution is -2.47. The third kappa shape index (κ3) is 4.18. The summed E-state index contributed by atoms with van der Waals surface area (Å²) in [6.07, 6.45) is 0.453. The summed E-state index contributed by atoms with van der Waals surface area (Å²) >= 11 is 0. The van der Waals surface area contributed by atoms with Gasteiger partial charge in [-0.2, -0.15) is 0 Å². The Bertz CT molecular complexity index is 406. The lowest BCUT2D eigenvalue weighted by Gasteiger charge is -2.23. The number of nitrogens with zero attached hydrogens (tertiary/aromatic N) is 1. The van der Waals surface area contributed by atoms with Crippen LogP contribution in [0.1, 0.15) is 12.5 Å². The van der Waals surface area contributed by atoms with E-state index in [4.69, 9.17) is 11.5 Å². The van der Waals surface area contributed by atoms with Gasteiger partial charge in [-0.25, -0.2) is 0 Å². The maximum Gasteiger partial charge on any atom is 0.240 e. The van der Waals surface area contributed by atoms with Crippen molar-refractivity contribution in [3.63, 3.8) is 0 Å². The van der Waals surface area contributed by atoms with Crippen LogP contribution in [0.4, 0.5) is 0 Å². The third-order valence-corrected chi connectivity index (χ3v) is 2.66. The molecule has 0 radical (unpaired) electrons. The lowest BCUT2D eigenvalue weighted by atomic mass is 10.1. The molecule has 0 saturated carbocycles. The van der Waals surface area contributed by atoms with Gasteiger partial charge in [-0.15, -0.1) is 0 Å². The molecule has 98 valence electrons. The van der Waals surface area contributed by atoms with E-state index in [0.717, 1.165) is 5.56 Å². The van der Waals surface area contributed by atoms with Crippen molar-refractivity contribution in [1.82, 2.24) is 4.90 Å². The minimum absolute atomic E-state index is 0.0855. The van der Waals surface area contributed by atoms with Crippen LogP contribution in [0.5, 0.6) is 0 Å². The predicted octanol–water partition coefficient (Wildman–Crippen LogP) is -0.110. The Balaban J connectivity index is 2.62. The van der Waals surface area contributed by atoms with Crippen molar-refractivity contribution in [2.24, 2.45) is 11.5 Å². The fourth-order valence-corrected chi connectivity index (χ4v) is 1.72. The van der Waals surface area contributed by atoms with Crippen LogP contribution in [-0.4, -0.2) is 35.8 Å². The van der Waals surface area contributed by atoms with Crippen molar-refractivity contribution in [1.29, 1.82) is 0 Å². The minimum Gasteiger partial charge on any atom is -0.368 e. The van der Waals surface area contributed by atoms with Gasteiger partial charge in [0.15, 0.2) is 0 Å². The van der Waals surface area contributed by atoms with Gasteiger partial charge in [0.2, 0.25) is 11.8 Å². The summed E-state index contributed by atoms with van der Waals surface area (Å²) in [6.45, 7) is 2.12. The number of carbonyl (C=O) groups is 2. The number of likely N-dealkylation sites (N-methyl/N-ethyl adjacent to an activating group) is 1. The van der Waals surface area contributed by atoms with Crippen molar-refractivity contribution in [3.05, 3.63) is 35.9 Å². The zero-order valence-corrected chi connectivity index (χ0v) is 10.5. The van der Waals surface area contributed by atoms with E-state index < -0.39 is 11.9 Å². The second kappa shape index (κ2) is 6.76. The summed E-state index contributed by atoms with van der Waals surface area (Å²) in [4.78, 5) is 24.2. The van der Waals surface area contributed by atoms with Crippen LogP contribution in [0.15, 0.2) is 30.3 Å². The Morgan fingerprint density at radius 3 is 2.39 bits per heavy atom. The summed E-state index contributed by atoms with van der Waals surface area (Å²) in [5, 5.41) is 0. The first-order valence-electron chi connectivity index (χ1n) is 5.91. The van der Waals surface area contributed by atoms with Gasteiger partial charge in [-0.05, 0) is 18.9 Å². The van der Waals surface area contributed by atoms with Crippen LogP contribution in [0.25, 0.3) is 0 Å². The second-order valence-electron chi connectivity index (χ2n) is 4.11. The molecule has 1 aromatic rings. The van der Waals surface area contributed by atoms with Crippen LogP contribution in [-0.2, 0) is 16.0 Å². The molecule has 0 saturated heterocycles. The molecule has 1 unspecified atom stereocenters. The molecule has 2 amide bonds. The highest BCUT2D eigenvalue weighted by Gasteiger charge is 2.21. The molecule has 0 heterocycles. The van der Waals surface area contributed by atoms with Gasteiger partial charge in [-0.1, -0.05) is 30.3 Å². The molecule has 18 heavy (non-hydrogen) atoms. The van der Waals surface area contributed by atoms with Gasteiger partial charge in [0.1, 0.15) is 0 Å². The zero-order valence-electron chi connectivity index (χ0n) is 10.5. The Labute approximate surface area is 107 Å². The highest BCUT2D eigenvalue weighted by Crippen LogP contribution is 2.04. The number of amides is 2. The molecular weight excluding hydrogens is 230 g/mol. The highest BCUT2D eigenvalue weighted by atomic mass is 16.2. The van der Waals surface area contributed by atoms with Gasteiger partial charge < -0.3 is 16.4 Å². The van der Waals surface area contributed by atoms with Crippen molar-refractivity contribution >= 4 is 11.8 Å². The first-order chi connectivity index (χ1) is 8.54. The molecule has 4 N–H and O–H groups in total. The van der Waals surface area contributed by atoms with Gasteiger partial charge in [0.05, 0.1) is 12.6 Å². The molecule has 1 atom stereocenters. The fourth-order valence-electron chi connectivity index (χ4n) is 1.72. The second-order valence-corrected chi connectivity index (χ2v) is 4.11. The van der Waals surface area contributed by atoms with Gasteiger partial charge in [0, 0.05) is 6.54 Å². The molecule has 0 aliphatic rings. The molecule has 0 spiro atoms. The molecule has 5 nitrogen and oxygen atoms in total. The van der Waals surface area contributed by atoms with Crippen LogP contribution in [0, 0.1) is 0 Å². The Hall–Kier alpha value is -1.88. The molecule has 0 aliphatic heterocycles. The number of benzene rings is 1. The van der Waals surface area contributed by atoms with Gasteiger partial charge >= 0.3 is 0 Å². The first kappa shape index (κ1) is 14.2. The van der Waals surface area contributed by atoms with Crippen molar-refractivity contribution in [2.75, 3.05) is 13.1 Å². The van der Waals surface area contributed by atoms with Crippen LogP contribution < -0.4 is 11.5 Å². The first-order valence-corrected chi connectivity index (χ1v) is 5.91. The molecule has 0 aliphatic carbocycles. The molecular formula is C13H19N3O2. The van der Waals surface area contributed by atoms with Crippen molar-refractivity contribution < 1.29 is 9.59 Å². The van der Waals surface area contributed by atoms with Crippen LogP contribution >= 0.6 is 0 Å². The quantitative estimate of drug-likeness (QED) is 0.737. The van der Waals surface area contributed by atoms with E-state index in [1.54, 1.807) is 6.92 Å². The summed E-state index contributed by atoms with van der Waals surface area (Å²) in [5.74, 6) is -0.780. The van der Waals surface area contributed by atoms with E-state index in [9.17, 15) is 9.59 Å². The fraction of sp³-hybridized carbons (Fsp3) is 0.385. The number of nitrogens with two attached hydrogens (primary N) is 2. The number of rotatable bonds is 6. The highest BCUT2D eigenvalue weighted by molar-refractivity contribution is 5.86. The Kier molecular flexibility index (Phi) is 5.32. The van der Waals surface area contributed by atoms with Crippen LogP contribution in [0.3, 0.4) is 0 Å². The summed E-state index contributed by atoms with van der Waals surface area (Å²) in [5.41, 5.74) is 11.9. The van der Waals surface area contributed by atoms with Crippen molar-refractivity contribution in [3.8, 4) is 0 Å². The Morgan fingerprint density at radius 1 is 1.28 bits per heavy atom. The maximum atomic E-state index is 12.0. The smallest absolute Gasteiger partial charge is 0.240 e.